The molecule has 70 valence electrons. The Balaban J connectivity index is 0. The third kappa shape index (κ3) is 23.4. The fourth-order valence-electron chi connectivity index (χ4n) is 0.143. The summed E-state index contributed by atoms with van der Waals surface area (Å²) in [5.41, 5.74) is 0. The molecule has 0 bridgehead atoms. The van der Waals surface area contributed by atoms with Crippen molar-refractivity contribution < 1.29 is 24.9 Å². The molecule has 3 N–H and O–H groups in total. The zero-order chi connectivity index (χ0) is 9.98. The molecule has 0 rings (SSSR count). The van der Waals surface area contributed by atoms with Crippen LogP contribution in [0.15, 0.2) is 12.2 Å². The number of carboxylic acid groups (broad SMARTS) is 2. The van der Waals surface area contributed by atoms with E-state index in [1.165, 1.54) is 0 Å². The van der Waals surface area contributed by atoms with E-state index < -0.39 is 11.9 Å². The van der Waals surface area contributed by atoms with Crippen LogP contribution in [0, 0.1) is 0 Å². The minimum atomic E-state index is -1.26. The molecule has 0 unspecified atom stereocenters. The predicted molar refractivity (Wildman–Crippen MR) is 41.8 cm³/mol. The first kappa shape index (κ1) is 13.2. The van der Waals surface area contributed by atoms with E-state index in [2.05, 4.69) is 0 Å². The smallest absolute Gasteiger partial charge is 0.328 e. The standard InChI is InChI=1S/C4H4O4.C3H8O/c5-3(6)1-2-4(7)8;1-2-3-4/h1-2H,(H,5,6)(H,7,8);4H,2-3H2,1H3/b2-1-;. The molecule has 0 aromatic carbocycles. The van der Waals surface area contributed by atoms with Gasteiger partial charge in [0.1, 0.15) is 0 Å². The van der Waals surface area contributed by atoms with E-state index in [0.29, 0.717) is 18.8 Å². The van der Waals surface area contributed by atoms with Gasteiger partial charge in [-0.2, -0.15) is 0 Å². The van der Waals surface area contributed by atoms with Crippen molar-refractivity contribution in [1.29, 1.82) is 0 Å². The summed E-state index contributed by atoms with van der Waals surface area (Å²) in [6.07, 6.45) is 1.99. The van der Waals surface area contributed by atoms with Gasteiger partial charge >= 0.3 is 11.9 Å². The first-order valence-electron chi connectivity index (χ1n) is 3.29. The molecule has 0 saturated carbocycles. The number of aliphatic carboxylic acids is 2. The minimum Gasteiger partial charge on any atom is -0.478 e. The van der Waals surface area contributed by atoms with Gasteiger partial charge in [0.25, 0.3) is 0 Å². The Morgan fingerprint density at radius 1 is 1.17 bits per heavy atom. The Hall–Kier alpha value is -1.36. The Labute approximate surface area is 70.0 Å². The molecule has 0 spiro atoms. The summed E-state index contributed by atoms with van der Waals surface area (Å²) in [5.74, 6) is -2.51. The number of hydrogen-bond donors (Lipinski definition) is 3. The van der Waals surface area contributed by atoms with Crippen molar-refractivity contribution >= 4 is 11.9 Å². The zero-order valence-corrected chi connectivity index (χ0v) is 6.73. The van der Waals surface area contributed by atoms with Gasteiger partial charge in [-0.05, 0) is 6.42 Å². The number of aliphatic hydroxyl groups is 1. The lowest BCUT2D eigenvalue weighted by molar-refractivity contribution is -0.134. The van der Waals surface area contributed by atoms with Crippen LogP contribution in [0.1, 0.15) is 13.3 Å². The van der Waals surface area contributed by atoms with Crippen molar-refractivity contribution in [2.75, 3.05) is 6.61 Å². The number of carboxylic acids is 2. The van der Waals surface area contributed by atoms with Crippen LogP contribution < -0.4 is 0 Å². The average Bonchev–Trinajstić information content (AvgIpc) is 2.01. The molecule has 0 aliphatic carbocycles. The maximum atomic E-state index is 9.55. The van der Waals surface area contributed by atoms with Gasteiger partial charge in [-0.3, -0.25) is 0 Å². The van der Waals surface area contributed by atoms with Gasteiger partial charge in [-0.25, -0.2) is 9.59 Å². The topological polar surface area (TPSA) is 94.8 Å². The third-order valence-electron chi connectivity index (χ3n) is 0.592. The molecular weight excluding hydrogens is 164 g/mol. The lowest BCUT2D eigenvalue weighted by Crippen LogP contribution is -1.91. The highest BCUT2D eigenvalue weighted by Gasteiger charge is 1.88. The summed E-state index contributed by atoms with van der Waals surface area (Å²) < 4.78 is 0. The lowest BCUT2D eigenvalue weighted by atomic mass is 10.5. The molecule has 0 aromatic heterocycles. The van der Waals surface area contributed by atoms with Gasteiger partial charge < -0.3 is 15.3 Å². The van der Waals surface area contributed by atoms with E-state index in [9.17, 15) is 9.59 Å². The maximum absolute atomic E-state index is 9.55. The van der Waals surface area contributed by atoms with E-state index in [0.717, 1.165) is 6.42 Å². The van der Waals surface area contributed by atoms with Gasteiger partial charge in [0, 0.05) is 18.8 Å². The van der Waals surface area contributed by atoms with E-state index in [-0.39, 0.29) is 0 Å². The number of rotatable bonds is 3. The zero-order valence-electron chi connectivity index (χ0n) is 6.73. The van der Waals surface area contributed by atoms with Gasteiger partial charge in [-0.1, -0.05) is 6.92 Å². The van der Waals surface area contributed by atoms with E-state index in [1.807, 2.05) is 6.92 Å². The molecule has 0 heterocycles. The second-order valence-electron chi connectivity index (χ2n) is 1.73. The highest BCUT2D eigenvalue weighted by Crippen LogP contribution is 1.70. The number of carbonyl (C=O) groups is 2. The molecule has 0 fully saturated rings. The molecule has 0 amide bonds. The van der Waals surface area contributed by atoms with Crippen molar-refractivity contribution in [1.82, 2.24) is 0 Å². The molecule has 0 atom stereocenters. The first-order valence-corrected chi connectivity index (χ1v) is 3.29. The van der Waals surface area contributed by atoms with Crippen LogP contribution in [0.5, 0.6) is 0 Å². The van der Waals surface area contributed by atoms with Gasteiger partial charge in [0.05, 0.1) is 0 Å². The molecular formula is C7H12O5. The first-order chi connectivity index (χ1) is 5.54. The Morgan fingerprint density at radius 3 is 1.50 bits per heavy atom. The normalized spacial score (nSPS) is 8.83. The number of hydrogen-bond acceptors (Lipinski definition) is 3. The van der Waals surface area contributed by atoms with Crippen LogP contribution in [0.2, 0.25) is 0 Å². The Kier molecular flexibility index (Phi) is 10.6. The van der Waals surface area contributed by atoms with Crippen LogP contribution in [-0.4, -0.2) is 33.9 Å². The largest absolute Gasteiger partial charge is 0.478 e. The second kappa shape index (κ2) is 9.64. The Morgan fingerprint density at radius 2 is 1.42 bits per heavy atom. The van der Waals surface area contributed by atoms with E-state index in [1.54, 1.807) is 0 Å². The molecule has 0 aliphatic heterocycles. The monoisotopic (exact) mass is 176 g/mol. The van der Waals surface area contributed by atoms with E-state index >= 15 is 0 Å². The van der Waals surface area contributed by atoms with Crippen LogP contribution in [-0.2, 0) is 9.59 Å². The molecule has 0 aliphatic rings. The quantitative estimate of drug-likeness (QED) is 0.530. The second-order valence-corrected chi connectivity index (χ2v) is 1.73. The third-order valence-corrected chi connectivity index (χ3v) is 0.592. The SMILES string of the molecule is CCCO.O=C(O)/C=C\C(=O)O. The molecule has 5 heteroatoms. The van der Waals surface area contributed by atoms with Crippen molar-refractivity contribution in [3.8, 4) is 0 Å². The van der Waals surface area contributed by atoms with Crippen LogP contribution in [0.25, 0.3) is 0 Å². The lowest BCUT2D eigenvalue weighted by Gasteiger charge is -1.74. The molecule has 12 heavy (non-hydrogen) atoms. The molecule has 0 saturated heterocycles. The highest BCUT2D eigenvalue weighted by molar-refractivity contribution is 5.89. The number of aliphatic hydroxyl groups excluding tert-OH is 1. The summed E-state index contributed by atoms with van der Waals surface area (Å²) >= 11 is 0. The summed E-state index contributed by atoms with van der Waals surface area (Å²) in [4.78, 5) is 19.1. The summed E-state index contributed by atoms with van der Waals surface area (Å²) in [7, 11) is 0. The predicted octanol–water partition coefficient (Wildman–Crippen LogP) is 0.100. The van der Waals surface area contributed by atoms with Crippen LogP contribution in [0.3, 0.4) is 0 Å². The van der Waals surface area contributed by atoms with Crippen LogP contribution in [0.4, 0.5) is 0 Å². The van der Waals surface area contributed by atoms with Crippen molar-refractivity contribution in [3.63, 3.8) is 0 Å². The molecule has 0 radical (unpaired) electrons. The Bertz CT molecular complexity index is 143. The van der Waals surface area contributed by atoms with Crippen molar-refractivity contribution in [3.05, 3.63) is 12.2 Å². The maximum Gasteiger partial charge on any atom is 0.328 e. The average molecular weight is 176 g/mol. The van der Waals surface area contributed by atoms with Crippen LogP contribution >= 0.6 is 0 Å². The summed E-state index contributed by atoms with van der Waals surface area (Å²) in [6, 6.07) is 0. The summed E-state index contributed by atoms with van der Waals surface area (Å²) in [5, 5.41) is 23.5. The summed E-state index contributed by atoms with van der Waals surface area (Å²) in [6.45, 7) is 2.25. The van der Waals surface area contributed by atoms with Crippen molar-refractivity contribution in [2.24, 2.45) is 0 Å². The van der Waals surface area contributed by atoms with Gasteiger partial charge in [0.2, 0.25) is 0 Å². The van der Waals surface area contributed by atoms with Gasteiger partial charge in [-0.15, -0.1) is 0 Å². The highest BCUT2D eigenvalue weighted by atomic mass is 16.4. The van der Waals surface area contributed by atoms with Gasteiger partial charge in [0.15, 0.2) is 0 Å². The minimum absolute atomic E-state index is 0.319. The van der Waals surface area contributed by atoms with Crippen molar-refractivity contribution in [2.45, 2.75) is 13.3 Å². The van der Waals surface area contributed by atoms with E-state index in [4.69, 9.17) is 15.3 Å². The molecule has 0 aromatic rings. The fraction of sp³-hybridized carbons (Fsp3) is 0.429. The molecule has 5 nitrogen and oxygen atoms in total. The fourth-order valence-corrected chi connectivity index (χ4v) is 0.143.